The fourth-order valence-electron chi connectivity index (χ4n) is 4.87. The smallest absolute Gasteiger partial charge is 0.416 e. The third kappa shape index (κ3) is 4.65. The number of nitrogens with zero attached hydrogens (tertiary/aromatic N) is 2. The number of alkyl halides is 3. The average molecular weight is 462 g/mol. The van der Waals surface area contributed by atoms with Gasteiger partial charge in [0.05, 0.1) is 18.8 Å². The molecular weight excluding hydrogens is 437 g/mol. The van der Waals surface area contributed by atoms with Gasteiger partial charge in [0.2, 0.25) is 6.79 Å². The highest BCUT2D eigenvalue weighted by molar-refractivity contribution is 5.95. The van der Waals surface area contributed by atoms with Gasteiger partial charge in [-0.1, -0.05) is 18.2 Å². The molecule has 176 valence electrons. The van der Waals surface area contributed by atoms with Crippen LogP contribution in [0.25, 0.3) is 0 Å². The van der Waals surface area contributed by atoms with Gasteiger partial charge in [-0.2, -0.15) is 13.2 Å². The van der Waals surface area contributed by atoms with Crippen LogP contribution < -0.4 is 9.47 Å². The van der Waals surface area contributed by atoms with Crippen molar-refractivity contribution in [1.29, 1.82) is 0 Å². The van der Waals surface area contributed by atoms with E-state index in [1.165, 1.54) is 12.1 Å². The van der Waals surface area contributed by atoms with Crippen LogP contribution in [0.3, 0.4) is 0 Å². The van der Waals surface area contributed by atoms with E-state index in [1.807, 2.05) is 0 Å². The van der Waals surface area contributed by atoms with E-state index in [9.17, 15) is 18.0 Å². The zero-order valence-corrected chi connectivity index (χ0v) is 18.0. The molecule has 0 spiro atoms. The van der Waals surface area contributed by atoms with Crippen molar-refractivity contribution in [3.05, 3.63) is 59.2 Å². The third-order valence-electron chi connectivity index (χ3n) is 6.59. The molecule has 2 saturated heterocycles. The second-order valence-electron chi connectivity index (χ2n) is 8.68. The van der Waals surface area contributed by atoms with Gasteiger partial charge in [-0.3, -0.25) is 9.69 Å². The lowest BCUT2D eigenvalue weighted by Crippen LogP contribution is -2.41. The van der Waals surface area contributed by atoms with Crippen LogP contribution in [0.5, 0.6) is 11.5 Å². The normalized spacial score (nSPS) is 23.2. The number of fused-ring (bicyclic) bond motifs is 1. The minimum Gasteiger partial charge on any atom is -0.454 e. The first-order chi connectivity index (χ1) is 15.9. The average Bonchev–Trinajstić information content (AvgIpc) is 3.45. The molecule has 0 bridgehead atoms. The van der Waals surface area contributed by atoms with Gasteiger partial charge in [0, 0.05) is 44.2 Å². The van der Waals surface area contributed by atoms with Crippen LogP contribution in [0.1, 0.15) is 27.4 Å². The minimum absolute atomic E-state index is 0.0181. The third-order valence-corrected chi connectivity index (χ3v) is 6.59. The van der Waals surface area contributed by atoms with Crippen molar-refractivity contribution in [1.82, 2.24) is 9.80 Å². The summed E-state index contributed by atoms with van der Waals surface area (Å²) in [5, 5.41) is 0. The summed E-state index contributed by atoms with van der Waals surface area (Å²) in [4.78, 5) is 17.3. The van der Waals surface area contributed by atoms with E-state index in [-0.39, 0.29) is 24.5 Å². The van der Waals surface area contributed by atoms with Crippen LogP contribution >= 0.6 is 0 Å². The Balaban J connectivity index is 1.40. The number of halogens is 3. The number of amides is 1. The lowest BCUT2D eigenvalue weighted by molar-refractivity contribution is -0.137. The first kappa shape index (κ1) is 22.0. The van der Waals surface area contributed by atoms with Crippen LogP contribution in [0, 0.1) is 5.92 Å². The topological polar surface area (TPSA) is 51.2 Å². The quantitative estimate of drug-likeness (QED) is 0.695. The SMILES string of the molecule is O=C(c1ccc2c(c1)OCO2)N1CC(CN2CCOCC2)C(c2cccc(C(F)(F)F)c2)C1. The molecule has 2 fully saturated rings. The summed E-state index contributed by atoms with van der Waals surface area (Å²) >= 11 is 0. The number of hydrogen-bond acceptors (Lipinski definition) is 5. The van der Waals surface area contributed by atoms with Crippen molar-refractivity contribution in [2.75, 3.05) is 52.7 Å². The number of hydrogen-bond donors (Lipinski definition) is 0. The Kier molecular flexibility index (Phi) is 5.92. The monoisotopic (exact) mass is 462 g/mol. The van der Waals surface area contributed by atoms with Gasteiger partial charge >= 0.3 is 6.18 Å². The molecule has 3 heterocycles. The van der Waals surface area contributed by atoms with Crippen molar-refractivity contribution in [2.24, 2.45) is 5.92 Å². The number of carbonyl (C=O) groups excluding carboxylic acids is 1. The molecule has 2 unspecified atom stereocenters. The molecule has 6 nitrogen and oxygen atoms in total. The van der Waals surface area contributed by atoms with Crippen LogP contribution in [0.15, 0.2) is 42.5 Å². The molecule has 3 aliphatic heterocycles. The molecule has 0 saturated carbocycles. The van der Waals surface area contributed by atoms with Crippen LogP contribution in [0.2, 0.25) is 0 Å². The zero-order chi connectivity index (χ0) is 23.0. The maximum atomic E-state index is 13.4. The lowest BCUT2D eigenvalue weighted by atomic mass is 9.87. The largest absolute Gasteiger partial charge is 0.454 e. The molecule has 5 rings (SSSR count). The van der Waals surface area contributed by atoms with E-state index >= 15 is 0 Å². The molecule has 9 heteroatoms. The Labute approximate surface area is 189 Å². The molecule has 0 aliphatic carbocycles. The van der Waals surface area contributed by atoms with E-state index in [4.69, 9.17) is 14.2 Å². The Morgan fingerprint density at radius 3 is 2.58 bits per heavy atom. The number of ether oxygens (including phenoxy) is 3. The predicted molar refractivity (Wildman–Crippen MR) is 113 cm³/mol. The standard InChI is InChI=1S/C24H25F3N2O4/c25-24(26,27)19-3-1-2-16(10-19)20-14-29(13-18(20)12-28-6-8-31-9-7-28)23(30)17-4-5-21-22(11-17)33-15-32-21/h1-5,10-11,18,20H,6-9,12-15H2. The highest BCUT2D eigenvalue weighted by Crippen LogP contribution is 2.38. The van der Waals surface area contributed by atoms with E-state index in [0.717, 1.165) is 19.2 Å². The van der Waals surface area contributed by atoms with Crippen LogP contribution in [-0.4, -0.2) is 68.4 Å². The van der Waals surface area contributed by atoms with Crippen molar-refractivity contribution in [3.63, 3.8) is 0 Å². The second kappa shape index (κ2) is 8.87. The number of likely N-dealkylation sites (tertiary alicyclic amines) is 1. The Hall–Kier alpha value is -2.78. The van der Waals surface area contributed by atoms with Crippen molar-refractivity contribution in [3.8, 4) is 11.5 Å². The van der Waals surface area contributed by atoms with Crippen molar-refractivity contribution >= 4 is 5.91 Å². The molecule has 3 aliphatic rings. The summed E-state index contributed by atoms with van der Waals surface area (Å²) in [6.45, 7) is 4.51. The van der Waals surface area contributed by atoms with Gasteiger partial charge in [-0.25, -0.2) is 0 Å². The molecule has 0 radical (unpaired) electrons. The van der Waals surface area contributed by atoms with E-state index in [0.29, 0.717) is 55.5 Å². The molecule has 2 atom stereocenters. The van der Waals surface area contributed by atoms with Gasteiger partial charge in [0.25, 0.3) is 5.91 Å². The molecule has 2 aromatic rings. The summed E-state index contributed by atoms with van der Waals surface area (Å²) in [6.07, 6.45) is -4.41. The molecule has 33 heavy (non-hydrogen) atoms. The lowest BCUT2D eigenvalue weighted by Gasteiger charge is -2.31. The van der Waals surface area contributed by atoms with Gasteiger partial charge < -0.3 is 19.1 Å². The van der Waals surface area contributed by atoms with Crippen molar-refractivity contribution < 1.29 is 32.2 Å². The second-order valence-corrected chi connectivity index (χ2v) is 8.68. The highest BCUT2D eigenvalue weighted by Gasteiger charge is 2.39. The molecule has 1 amide bonds. The summed E-state index contributed by atoms with van der Waals surface area (Å²) in [5.74, 6) is 0.798. The summed E-state index contributed by atoms with van der Waals surface area (Å²) in [7, 11) is 0. The Morgan fingerprint density at radius 2 is 1.79 bits per heavy atom. The summed E-state index contributed by atoms with van der Waals surface area (Å²) in [6, 6.07) is 10.6. The number of rotatable bonds is 4. The molecule has 0 N–H and O–H groups in total. The van der Waals surface area contributed by atoms with Gasteiger partial charge in [-0.15, -0.1) is 0 Å². The first-order valence-electron chi connectivity index (χ1n) is 11.0. The number of morpholine rings is 1. The maximum Gasteiger partial charge on any atom is 0.416 e. The number of benzene rings is 2. The van der Waals surface area contributed by atoms with Gasteiger partial charge in [-0.05, 0) is 35.7 Å². The van der Waals surface area contributed by atoms with Gasteiger partial charge in [0.1, 0.15) is 0 Å². The number of carbonyl (C=O) groups is 1. The molecule has 0 aromatic heterocycles. The zero-order valence-electron chi connectivity index (χ0n) is 18.0. The summed E-state index contributed by atoms with van der Waals surface area (Å²) in [5.41, 5.74) is 0.434. The van der Waals surface area contributed by atoms with Crippen LogP contribution in [0.4, 0.5) is 13.2 Å². The fraction of sp³-hybridized carbons (Fsp3) is 0.458. The Bertz CT molecular complexity index is 1020. The summed E-state index contributed by atoms with van der Waals surface area (Å²) < 4.78 is 56.2. The van der Waals surface area contributed by atoms with E-state index in [1.54, 1.807) is 29.2 Å². The van der Waals surface area contributed by atoms with Crippen LogP contribution in [-0.2, 0) is 10.9 Å². The van der Waals surface area contributed by atoms with Crippen molar-refractivity contribution in [2.45, 2.75) is 12.1 Å². The maximum absolute atomic E-state index is 13.4. The van der Waals surface area contributed by atoms with E-state index in [2.05, 4.69) is 4.90 Å². The first-order valence-corrected chi connectivity index (χ1v) is 11.0. The molecule has 2 aromatic carbocycles. The molecular formula is C24H25F3N2O4. The predicted octanol–water partition coefficient (Wildman–Crippen LogP) is 3.62. The van der Waals surface area contributed by atoms with Gasteiger partial charge in [0.15, 0.2) is 11.5 Å². The minimum atomic E-state index is -4.41. The highest BCUT2D eigenvalue weighted by atomic mass is 19.4. The fourth-order valence-corrected chi connectivity index (χ4v) is 4.87. The Morgan fingerprint density at radius 1 is 1.00 bits per heavy atom. The van der Waals surface area contributed by atoms with E-state index < -0.39 is 11.7 Å².